The summed E-state index contributed by atoms with van der Waals surface area (Å²) >= 11 is 0. The summed E-state index contributed by atoms with van der Waals surface area (Å²) in [6.07, 6.45) is 0.982. The Bertz CT molecular complexity index is 1680. The van der Waals surface area contributed by atoms with Crippen LogP contribution in [0, 0.1) is 6.92 Å². The highest BCUT2D eigenvalue weighted by molar-refractivity contribution is 7.92. The van der Waals surface area contributed by atoms with Gasteiger partial charge in [-0.1, -0.05) is 85.3 Å². The summed E-state index contributed by atoms with van der Waals surface area (Å²) in [5.74, 6) is -0.246. The predicted molar refractivity (Wildman–Crippen MR) is 182 cm³/mol. The Kier molecular flexibility index (Phi) is 12.0. The summed E-state index contributed by atoms with van der Waals surface area (Å²) < 4.78 is 35.0. The van der Waals surface area contributed by atoms with Crippen LogP contribution in [0.5, 0.6) is 5.75 Å². The molecule has 0 saturated carbocycles. The molecular weight excluding hydrogens is 598 g/mol. The zero-order chi connectivity index (χ0) is 33.1. The van der Waals surface area contributed by atoms with Gasteiger partial charge < -0.3 is 15.0 Å². The first-order valence-electron chi connectivity index (χ1n) is 15.6. The number of para-hydroxylation sites is 1. The third kappa shape index (κ3) is 8.97. The van der Waals surface area contributed by atoms with Crippen LogP contribution in [0.1, 0.15) is 43.9 Å². The van der Waals surface area contributed by atoms with E-state index in [1.165, 1.54) is 17.0 Å². The molecule has 46 heavy (non-hydrogen) atoms. The number of carbonyl (C=O) groups excluding carboxylic acids is 2. The molecule has 242 valence electrons. The zero-order valence-electron chi connectivity index (χ0n) is 26.9. The first-order chi connectivity index (χ1) is 22.1. The lowest BCUT2D eigenvalue weighted by Crippen LogP contribution is -2.54. The Balaban J connectivity index is 1.78. The molecule has 0 heterocycles. The number of carbonyl (C=O) groups is 2. The van der Waals surface area contributed by atoms with Crippen LogP contribution in [0.4, 0.5) is 5.69 Å². The molecule has 0 unspecified atom stereocenters. The Morgan fingerprint density at radius 1 is 0.826 bits per heavy atom. The second kappa shape index (κ2) is 16.1. The highest BCUT2D eigenvalue weighted by Gasteiger charge is 2.35. The molecule has 0 spiro atoms. The maximum Gasteiger partial charge on any atom is 0.264 e. The van der Waals surface area contributed by atoms with Gasteiger partial charge in [-0.25, -0.2) is 8.42 Å². The predicted octanol–water partition coefficient (Wildman–Crippen LogP) is 6.14. The van der Waals surface area contributed by atoms with Crippen molar-refractivity contribution in [3.8, 4) is 5.75 Å². The van der Waals surface area contributed by atoms with Gasteiger partial charge in [-0.15, -0.1) is 0 Å². The molecular formula is C37H43N3O5S. The maximum atomic E-state index is 14.5. The lowest BCUT2D eigenvalue weighted by molar-refractivity contribution is -0.140. The van der Waals surface area contributed by atoms with E-state index in [-0.39, 0.29) is 29.8 Å². The molecule has 0 saturated heterocycles. The Morgan fingerprint density at radius 2 is 1.46 bits per heavy atom. The zero-order valence-corrected chi connectivity index (χ0v) is 27.7. The topological polar surface area (TPSA) is 96.0 Å². The van der Waals surface area contributed by atoms with E-state index in [9.17, 15) is 18.0 Å². The summed E-state index contributed by atoms with van der Waals surface area (Å²) in [5, 5.41) is 3.06. The van der Waals surface area contributed by atoms with Crippen molar-refractivity contribution in [2.24, 2.45) is 0 Å². The summed E-state index contributed by atoms with van der Waals surface area (Å²) in [6, 6.07) is 31.0. The van der Waals surface area contributed by atoms with Crippen LogP contribution in [0.2, 0.25) is 0 Å². The van der Waals surface area contributed by atoms with E-state index in [1.807, 2.05) is 82.3 Å². The monoisotopic (exact) mass is 641 g/mol. The number of aryl methyl sites for hydroxylation is 1. The molecule has 4 aromatic rings. The summed E-state index contributed by atoms with van der Waals surface area (Å²) in [4.78, 5) is 30.0. The van der Waals surface area contributed by atoms with E-state index < -0.39 is 28.5 Å². The molecule has 0 aliphatic heterocycles. The molecule has 0 bridgehead atoms. The minimum Gasteiger partial charge on any atom is -0.494 e. The van der Waals surface area contributed by atoms with Crippen molar-refractivity contribution in [1.29, 1.82) is 0 Å². The van der Waals surface area contributed by atoms with E-state index in [1.54, 1.807) is 42.5 Å². The van der Waals surface area contributed by atoms with Crippen molar-refractivity contribution in [3.05, 3.63) is 126 Å². The van der Waals surface area contributed by atoms with Crippen LogP contribution in [0.15, 0.2) is 114 Å². The van der Waals surface area contributed by atoms with Crippen molar-refractivity contribution < 1.29 is 22.7 Å². The minimum atomic E-state index is -4.19. The Morgan fingerprint density at radius 3 is 2.07 bits per heavy atom. The van der Waals surface area contributed by atoms with Crippen molar-refractivity contribution >= 4 is 27.5 Å². The normalized spacial score (nSPS) is 12.5. The van der Waals surface area contributed by atoms with Gasteiger partial charge in [0, 0.05) is 19.0 Å². The van der Waals surface area contributed by atoms with Gasteiger partial charge in [-0.2, -0.15) is 0 Å². The van der Waals surface area contributed by atoms with Gasteiger partial charge in [0.2, 0.25) is 11.8 Å². The molecule has 0 aliphatic carbocycles. The minimum absolute atomic E-state index is 0.0215. The third-order valence-electron chi connectivity index (χ3n) is 7.75. The number of rotatable bonds is 15. The Labute approximate surface area is 273 Å². The highest BCUT2D eigenvalue weighted by Crippen LogP contribution is 2.26. The van der Waals surface area contributed by atoms with E-state index in [4.69, 9.17) is 4.74 Å². The molecule has 0 aromatic heterocycles. The molecule has 0 aliphatic rings. The smallest absolute Gasteiger partial charge is 0.264 e. The number of benzene rings is 4. The number of sulfonamides is 1. The fourth-order valence-corrected chi connectivity index (χ4v) is 6.54. The largest absolute Gasteiger partial charge is 0.494 e. The Hall–Kier alpha value is -4.63. The van der Waals surface area contributed by atoms with E-state index >= 15 is 0 Å². The van der Waals surface area contributed by atoms with Crippen LogP contribution in [0.3, 0.4) is 0 Å². The molecule has 4 rings (SSSR count). The van der Waals surface area contributed by atoms with Crippen LogP contribution < -0.4 is 14.4 Å². The van der Waals surface area contributed by atoms with Crippen molar-refractivity contribution in [1.82, 2.24) is 10.2 Å². The maximum absolute atomic E-state index is 14.5. The first-order valence-corrected chi connectivity index (χ1v) is 17.1. The lowest BCUT2D eigenvalue weighted by atomic mass is 10.0. The second-order valence-corrected chi connectivity index (χ2v) is 13.1. The number of hydrogen-bond donors (Lipinski definition) is 1. The van der Waals surface area contributed by atoms with Crippen LogP contribution in [-0.2, 0) is 32.6 Å². The van der Waals surface area contributed by atoms with Gasteiger partial charge in [0.05, 0.1) is 17.2 Å². The van der Waals surface area contributed by atoms with E-state index in [0.29, 0.717) is 18.0 Å². The number of hydrogen-bond acceptors (Lipinski definition) is 5. The average Bonchev–Trinajstić information content (AvgIpc) is 3.06. The molecule has 2 amide bonds. The standard InChI is InChI=1S/C37H43N3O5S/c1-5-29(4)38-37(42)35(25-30-15-9-7-10-16-30)39(26-31-17-13-14-28(3)24-31)36(41)27-40(32-18-11-8-12-19-32)46(43,44)34-22-20-33(21-23-34)45-6-2/h7-24,29,35H,5-6,25-27H2,1-4H3,(H,38,42)/t29-,35+/m0/s1. The number of amides is 2. The molecule has 1 N–H and O–H groups in total. The number of anilines is 1. The molecule has 2 atom stereocenters. The van der Waals surface area contributed by atoms with Crippen molar-refractivity contribution in [2.75, 3.05) is 17.5 Å². The lowest BCUT2D eigenvalue weighted by Gasteiger charge is -2.34. The second-order valence-electron chi connectivity index (χ2n) is 11.3. The molecule has 0 fully saturated rings. The van der Waals surface area contributed by atoms with Gasteiger partial charge in [0.15, 0.2) is 0 Å². The quantitative estimate of drug-likeness (QED) is 0.168. The third-order valence-corrected chi connectivity index (χ3v) is 9.54. The van der Waals surface area contributed by atoms with E-state index in [2.05, 4.69) is 5.32 Å². The average molecular weight is 642 g/mol. The van der Waals surface area contributed by atoms with Gasteiger partial charge in [-0.05, 0) is 74.7 Å². The van der Waals surface area contributed by atoms with Gasteiger partial charge in [-0.3, -0.25) is 13.9 Å². The van der Waals surface area contributed by atoms with E-state index in [0.717, 1.165) is 27.4 Å². The SMILES string of the molecule is CCOc1ccc(S(=O)(=O)N(CC(=O)N(Cc2cccc(C)c2)[C@H](Cc2ccccc2)C(=O)N[C@@H](C)CC)c2ccccc2)cc1. The van der Waals surface area contributed by atoms with Crippen LogP contribution in [0.25, 0.3) is 0 Å². The van der Waals surface area contributed by atoms with Gasteiger partial charge in [0.25, 0.3) is 10.0 Å². The number of nitrogens with one attached hydrogen (secondary N) is 1. The first kappa shape index (κ1) is 34.2. The van der Waals surface area contributed by atoms with Crippen molar-refractivity contribution in [2.45, 2.75) is 64.1 Å². The molecule has 4 aromatic carbocycles. The van der Waals surface area contributed by atoms with Crippen molar-refractivity contribution in [3.63, 3.8) is 0 Å². The summed E-state index contributed by atoms with van der Waals surface area (Å²) in [7, 11) is -4.19. The van der Waals surface area contributed by atoms with Gasteiger partial charge in [0.1, 0.15) is 18.3 Å². The fourth-order valence-electron chi connectivity index (χ4n) is 5.13. The molecule has 8 nitrogen and oxygen atoms in total. The fraction of sp³-hybridized carbons (Fsp3) is 0.297. The molecule has 0 radical (unpaired) electrons. The summed E-state index contributed by atoms with van der Waals surface area (Å²) in [5.41, 5.74) is 3.07. The molecule has 9 heteroatoms. The highest BCUT2D eigenvalue weighted by atomic mass is 32.2. The van der Waals surface area contributed by atoms with Crippen LogP contribution in [-0.4, -0.2) is 50.4 Å². The number of nitrogens with zero attached hydrogens (tertiary/aromatic N) is 2. The summed E-state index contributed by atoms with van der Waals surface area (Å²) in [6.45, 7) is 7.78. The van der Waals surface area contributed by atoms with Crippen LogP contribution >= 0.6 is 0 Å². The number of ether oxygens (including phenoxy) is 1. The van der Waals surface area contributed by atoms with Gasteiger partial charge >= 0.3 is 0 Å².